The van der Waals surface area contributed by atoms with E-state index in [0.29, 0.717) is 11.4 Å². The standard InChI is InChI=1S/C13H15ClFN3O3S/c1-8(13-11(21-3)7-18(2)16-13)17-22(19,20)12-5-4-9(14)6-10(12)15/h4-8,17H,1-3H3. The van der Waals surface area contributed by atoms with Gasteiger partial charge in [-0.2, -0.15) is 5.10 Å². The summed E-state index contributed by atoms with van der Waals surface area (Å²) in [5.41, 5.74) is 0.406. The third kappa shape index (κ3) is 3.40. The van der Waals surface area contributed by atoms with Crippen LogP contribution in [0.1, 0.15) is 18.7 Å². The highest BCUT2D eigenvalue weighted by molar-refractivity contribution is 7.89. The molecule has 0 amide bonds. The van der Waals surface area contributed by atoms with Gasteiger partial charge in [0.05, 0.1) is 19.3 Å². The second-order valence-electron chi connectivity index (χ2n) is 4.67. The van der Waals surface area contributed by atoms with Crippen LogP contribution in [-0.4, -0.2) is 25.3 Å². The van der Waals surface area contributed by atoms with Crippen LogP contribution in [0.2, 0.25) is 5.02 Å². The summed E-state index contributed by atoms with van der Waals surface area (Å²) in [6, 6.07) is 2.67. The summed E-state index contributed by atoms with van der Waals surface area (Å²) in [5, 5.41) is 4.27. The van der Waals surface area contributed by atoms with Crippen LogP contribution in [0.5, 0.6) is 5.75 Å². The Morgan fingerprint density at radius 1 is 1.45 bits per heavy atom. The van der Waals surface area contributed by atoms with E-state index in [1.807, 2.05) is 0 Å². The Labute approximate surface area is 132 Å². The number of ether oxygens (including phenoxy) is 1. The normalized spacial score (nSPS) is 13.1. The summed E-state index contributed by atoms with van der Waals surface area (Å²) in [6.45, 7) is 1.59. The lowest BCUT2D eigenvalue weighted by atomic mass is 10.2. The Bertz CT molecular complexity index is 792. The molecule has 120 valence electrons. The number of aromatic nitrogens is 2. The monoisotopic (exact) mass is 347 g/mol. The molecule has 1 atom stereocenters. The number of methoxy groups -OCH3 is 1. The number of nitrogens with one attached hydrogen (secondary N) is 1. The first-order valence-electron chi connectivity index (χ1n) is 6.29. The van der Waals surface area contributed by atoms with Gasteiger partial charge in [0, 0.05) is 12.1 Å². The van der Waals surface area contributed by atoms with Crippen LogP contribution in [0.3, 0.4) is 0 Å². The van der Waals surface area contributed by atoms with Crippen LogP contribution < -0.4 is 9.46 Å². The van der Waals surface area contributed by atoms with Gasteiger partial charge < -0.3 is 4.74 Å². The highest BCUT2D eigenvalue weighted by atomic mass is 35.5. The molecule has 0 radical (unpaired) electrons. The maximum Gasteiger partial charge on any atom is 0.244 e. The predicted molar refractivity (Wildman–Crippen MR) is 79.9 cm³/mol. The van der Waals surface area contributed by atoms with Crippen molar-refractivity contribution in [2.75, 3.05) is 7.11 Å². The predicted octanol–water partition coefficient (Wildman–Crippen LogP) is 2.26. The lowest BCUT2D eigenvalue weighted by molar-refractivity contribution is 0.405. The molecule has 1 aromatic heterocycles. The largest absolute Gasteiger partial charge is 0.493 e. The second kappa shape index (κ2) is 6.23. The van der Waals surface area contributed by atoms with Crippen molar-refractivity contribution in [1.29, 1.82) is 0 Å². The Hall–Kier alpha value is -1.64. The number of nitrogens with zero attached hydrogens (tertiary/aromatic N) is 2. The topological polar surface area (TPSA) is 73.2 Å². The van der Waals surface area contributed by atoms with Crippen molar-refractivity contribution < 1.29 is 17.5 Å². The summed E-state index contributed by atoms with van der Waals surface area (Å²) in [4.78, 5) is -0.473. The molecule has 1 heterocycles. The summed E-state index contributed by atoms with van der Waals surface area (Å²) in [6.07, 6.45) is 1.61. The second-order valence-corrected chi connectivity index (χ2v) is 6.79. The van der Waals surface area contributed by atoms with E-state index in [4.69, 9.17) is 16.3 Å². The third-order valence-electron chi connectivity index (χ3n) is 2.97. The van der Waals surface area contributed by atoms with Crippen molar-refractivity contribution in [3.63, 3.8) is 0 Å². The van der Waals surface area contributed by atoms with Crippen LogP contribution in [0.25, 0.3) is 0 Å². The van der Waals surface area contributed by atoms with Gasteiger partial charge in [0.1, 0.15) is 16.4 Å². The molecule has 9 heteroatoms. The molecule has 0 spiro atoms. The number of hydrogen-bond donors (Lipinski definition) is 1. The van der Waals surface area contributed by atoms with Crippen molar-refractivity contribution in [1.82, 2.24) is 14.5 Å². The molecule has 22 heavy (non-hydrogen) atoms. The lowest BCUT2D eigenvalue weighted by Crippen LogP contribution is -2.28. The summed E-state index contributed by atoms with van der Waals surface area (Å²) in [5.74, 6) is -0.477. The molecule has 1 aromatic carbocycles. The Morgan fingerprint density at radius 2 is 2.14 bits per heavy atom. The van der Waals surface area contributed by atoms with Crippen molar-refractivity contribution in [2.45, 2.75) is 17.9 Å². The Morgan fingerprint density at radius 3 is 2.73 bits per heavy atom. The minimum Gasteiger partial charge on any atom is -0.493 e. The maximum absolute atomic E-state index is 13.8. The average molecular weight is 348 g/mol. The number of aryl methyl sites for hydroxylation is 1. The quantitative estimate of drug-likeness (QED) is 0.900. The molecule has 1 unspecified atom stereocenters. The van der Waals surface area contributed by atoms with Gasteiger partial charge in [-0.3, -0.25) is 4.68 Å². The van der Waals surface area contributed by atoms with Gasteiger partial charge in [-0.15, -0.1) is 0 Å². The van der Waals surface area contributed by atoms with Crippen LogP contribution in [0.4, 0.5) is 4.39 Å². The van der Waals surface area contributed by atoms with Crippen molar-refractivity contribution in [2.24, 2.45) is 7.05 Å². The number of hydrogen-bond acceptors (Lipinski definition) is 4. The third-order valence-corrected chi connectivity index (χ3v) is 4.78. The van der Waals surface area contributed by atoms with E-state index in [1.54, 1.807) is 20.2 Å². The van der Waals surface area contributed by atoms with Gasteiger partial charge in [0.2, 0.25) is 10.0 Å². The molecule has 0 aliphatic carbocycles. The molecule has 2 aromatic rings. The molecular weight excluding hydrogens is 333 g/mol. The lowest BCUT2D eigenvalue weighted by Gasteiger charge is -2.14. The minimum absolute atomic E-state index is 0.121. The van der Waals surface area contributed by atoms with Gasteiger partial charge in [0.15, 0.2) is 5.75 Å². The first-order chi connectivity index (χ1) is 10.2. The Balaban J connectivity index is 2.31. The van der Waals surface area contributed by atoms with Gasteiger partial charge in [-0.25, -0.2) is 17.5 Å². The van der Waals surface area contributed by atoms with E-state index in [2.05, 4.69) is 9.82 Å². The van der Waals surface area contributed by atoms with E-state index in [1.165, 1.54) is 17.9 Å². The van der Waals surface area contributed by atoms with Crippen molar-refractivity contribution >= 4 is 21.6 Å². The minimum atomic E-state index is -4.06. The van der Waals surface area contributed by atoms with Crippen LogP contribution in [0.15, 0.2) is 29.3 Å². The van der Waals surface area contributed by atoms with Gasteiger partial charge >= 0.3 is 0 Å². The molecule has 0 aliphatic rings. The molecule has 0 bridgehead atoms. The van der Waals surface area contributed by atoms with Crippen molar-refractivity contribution in [3.05, 3.63) is 40.9 Å². The first kappa shape index (κ1) is 16.7. The zero-order chi connectivity index (χ0) is 16.5. The van der Waals surface area contributed by atoms with Crippen LogP contribution in [-0.2, 0) is 17.1 Å². The van der Waals surface area contributed by atoms with E-state index >= 15 is 0 Å². The molecule has 1 N–H and O–H groups in total. The fourth-order valence-corrected chi connectivity index (χ4v) is 3.41. The molecule has 2 rings (SSSR count). The molecule has 0 fully saturated rings. The summed E-state index contributed by atoms with van der Waals surface area (Å²) in [7, 11) is -0.914. The molecule has 0 saturated carbocycles. The molecule has 0 saturated heterocycles. The van der Waals surface area contributed by atoms with Gasteiger partial charge in [-0.1, -0.05) is 11.6 Å². The summed E-state index contributed by atoms with van der Waals surface area (Å²) >= 11 is 5.63. The zero-order valence-corrected chi connectivity index (χ0v) is 13.7. The van der Waals surface area contributed by atoms with Crippen LogP contribution >= 0.6 is 11.6 Å². The number of sulfonamides is 1. The molecule has 6 nitrogen and oxygen atoms in total. The first-order valence-corrected chi connectivity index (χ1v) is 8.15. The number of benzene rings is 1. The highest BCUT2D eigenvalue weighted by Gasteiger charge is 2.25. The van der Waals surface area contributed by atoms with E-state index in [0.717, 1.165) is 12.1 Å². The SMILES string of the molecule is COc1cn(C)nc1C(C)NS(=O)(=O)c1ccc(Cl)cc1F. The van der Waals surface area contributed by atoms with E-state index < -0.39 is 26.8 Å². The average Bonchev–Trinajstić information content (AvgIpc) is 2.79. The number of rotatable bonds is 5. The Kier molecular flexibility index (Phi) is 4.74. The van der Waals surface area contributed by atoms with Gasteiger partial charge in [0.25, 0.3) is 0 Å². The maximum atomic E-state index is 13.8. The van der Waals surface area contributed by atoms with Crippen molar-refractivity contribution in [3.8, 4) is 5.75 Å². The summed E-state index contributed by atoms with van der Waals surface area (Å²) < 4.78 is 47.4. The van der Waals surface area contributed by atoms with E-state index in [9.17, 15) is 12.8 Å². The highest BCUT2D eigenvalue weighted by Crippen LogP contribution is 2.25. The fourth-order valence-electron chi connectivity index (χ4n) is 1.99. The van der Waals surface area contributed by atoms with E-state index in [-0.39, 0.29) is 5.02 Å². The van der Waals surface area contributed by atoms with Gasteiger partial charge in [-0.05, 0) is 25.1 Å². The number of halogens is 2. The van der Waals surface area contributed by atoms with Crippen LogP contribution in [0, 0.1) is 5.82 Å². The fraction of sp³-hybridized carbons (Fsp3) is 0.308. The molecule has 0 aliphatic heterocycles. The molecular formula is C13H15ClFN3O3S. The zero-order valence-electron chi connectivity index (χ0n) is 12.2. The smallest absolute Gasteiger partial charge is 0.244 e.